The first-order valence-corrected chi connectivity index (χ1v) is 8.80. The number of alkyl carbamates (subject to hydrolysis) is 1. The predicted octanol–water partition coefficient (Wildman–Crippen LogP) is 3.56. The van der Waals surface area contributed by atoms with Crippen LogP contribution in [0.5, 0.6) is 0 Å². The van der Waals surface area contributed by atoms with E-state index < -0.39 is 6.09 Å². The van der Waals surface area contributed by atoms with Crippen LogP contribution in [-0.2, 0) is 17.8 Å². The minimum absolute atomic E-state index is 0.0570. The molecular weight excluding hydrogens is 338 g/mol. The molecule has 27 heavy (non-hydrogen) atoms. The Morgan fingerprint density at radius 2 is 1.81 bits per heavy atom. The second kappa shape index (κ2) is 7.38. The molecule has 1 amide bonds. The van der Waals surface area contributed by atoms with E-state index in [1.165, 1.54) is 22.3 Å². The Bertz CT molecular complexity index is 971. The van der Waals surface area contributed by atoms with Crippen molar-refractivity contribution in [2.75, 3.05) is 6.61 Å². The van der Waals surface area contributed by atoms with Crippen molar-refractivity contribution in [1.82, 2.24) is 15.1 Å². The van der Waals surface area contributed by atoms with Gasteiger partial charge in [-0.25, -0.2) is 4.79 Å². The molecule has 0 saturated carbocycles. The number of aromatic nitrogens is 2. The molecule has 1 aromatic heterocycles. The average Bonchev–Trinajstić information content (AvgIpc) is 3.27. The Morgan fingerprint density at radius 3 is 2.48 bits per heavy atom. The highest BCUT2D eigenvalue weighted by Gasteiger charge is 2.28. The third-order valence-electron chi connectivity index (χ3n) is 4.72. The van der Waals surface area contributed by atoms with Crippen LogP contribution in [0.3, 0.4) is 0 Å². The fourth-order valence-electron chi connectivity index (χ4n) is 3.50. The van der Waals surface area contributed by atoms with Crippen molar-refractivity contribution in [3.8, 4) is 23.5 Å². The Labute approximate surface area is 158 Å². The topological polar surface area (TPSA) is 56.2 Å². The molecule has 0 radical (unpaired) electrons. The van der Waals surface area contributed by atoms with Crippen LogP contribution in [0, 0.1) is 12.3 Å². The number of benzene rings is 2. The Hall–Kier alpha value is -3.52. The molecule has 1 heterocycles. The Balaban J connectivity index is 1.38. The molecule has 5 nitrogen and oxygen atoms in total. The van der Waals surface area contributed by atoms with E-state index in [-0.39, 0.29) is 5.92 Å². The number of fused-ring (bicyclic) bond motifs is 3. The average molecular weight is 357 g/mol. The molecule has 0 aliphatic heterocycles. The Kier molecular flexibility index (Phi) is 4.63. The van der Waals surface area contributed by atoms with Gasteiger partial charge in [-0.3, -0.25) is 4.68 Å². The number of nitrogens with zero attached hydrogens (tertiary/aromatic N) is 2. The number of terminal acetylenes is 1. The number of hydrogen-bond acceptors (Lipinski definition) is 3. The van der Waals surface area contributed by atoms with Crippen molar-refractivity contribution in [3.05, 3.63) is 77.6 Å². The number of nitrogens with one attached hydrogen (secondary N) is 1. The summed E-state index contributed by atoms with van der Waals surface area (Å²) in [5.41, 5.74) is 5.69. The maximum Gasteiger partial charge on any atom is 0.407 e. The lowest BCUT2D eigenvalue weighted by molar-refractivity contribution is 0.142. The van der Waals surface area contributed by atoms with E-state index in [1.54, 1.807) is 10.9 Å². The number of carbonyl (C=O) groups is 1. The van der Waals surface area contributed by atoms with Gasteiger partial charge in [-0.2, -0.15) is 5.10 Å². The van der Waals surface area contributed by atoms with E-state index >= 15 is 0 Å². The summed E-state index contributed by atoms with van der Waals surface area (Å²) < 4.78 is 7.15. The largest absolute Gasteiger partial charge is 0.449 e. The predicted molar refractivity (Wildman–Crippen MR) is 103 cm³/mol. The summed E-state index contributed by atoms with van der Waals surface area (Å²) in [4.78, 5) is 12.1. The van der Waals surface area contributed by atoms with Crippen molar-refractivity contribution >= 4 is 6.09 Å². The van der Waals surface area contributed by atoms with Gasteiger partial charge in [0, 0.05) is 24.2 Å². The lowest BCUT2D eigenvalue weighted by Gasteiger charge is -2.14. The van der Waals surface area contributed by atoms with Gasteiger partial charge in [0.15, 0.2) is 0 Å². The monoisotopic (exact) mass is 357 g/mol. The fourth-order valence-corrected chi connectivity index (χ4v) is 3.50. The van der Waals surface area contributed by atoms with Gasteiger partial charge in [-0.1, -0.05) is 54.5 Å². The minimum Gasteiger partial charge on any atom is -0.449 e. The molecular formula is C22H19N3O2. The van der Waals surface area contributed by atoms with E-state index in [2.05, 4.69) is 40.6 Å². The summed E-state index contributed by atoms with van der Waals surface area (Å²) in [6.45, 7) is 1.06. The molecule has 0 spiro atoms. The molecule has 1 aliphatic rings. The van der Waals surface area contributed by atoms with Gasteiger partial charge in [-0.15, -0.1) is 6.42 Å². The van der Waals surface area contributed by atoms with Crippen LogP contribution in [0.4, 0.5) is 4.79 Å². The molecule has 3 aromatic rings. The second-order valence-corrected chi connectivity index (χ2v) is 6.43. The van der Waals surface area contributed by atoms with Crippen LogP contribution in [0.25, 0.3) is 11.1 Å². The molecule has 0 bridgehead atoms. The van der Waals surface area contributed by atoms with Crippen molar-refractivity contribution in [3.63, 3.8) is 0 Å². The van der Waals surface area contributed by atoms with E-state index in [0.29, 0.717) is 19.7 Å². The van der Waals surface area contributed by atoms with Crippen molar-refractivity contribution in [1.29, 1.82) is 0 Å². The normalized spacial score (nSPS) is 12.1. The van der Waals surface area contributed by atoms with E-state index in [9.17, 15) is 4.79 Å². The summed E-state index contributed by atoms with van der Waals surface area (Å²) in [5, 5.41) is 6.89. The zero-order chi connectivity index (χ0) is 18.6. The van der Waals surface area contributed by atoms with Crippen LogP contribution in [0.15, 0.2) is 60.9 Å². The van der Waals surface area contributed by atoms with E-state index in [4.69, 9.17) is 11.2 Å². The summed E-state index contributed by atoms with van der Waals surface area (Å²) >= 11 is 0. The van der Waals surface area contributed by atoms with Crippen molar-refractivity contribution in [2.24, 2.45) is 0 Å². The van der Waals surface area contributed by atoms with Gasteiger partial charge in [0.05, 0.1) is 6.20 Å². The quantitative estimate of drug-likeness (QED) is 0.711. The maximum absolute atomic E-state index is 12.1. The van der Waals surface area contributed by atoms with E-state index in [1.807, 2.05) is 30.5 Å². The van der Waals surface area contributed by atoms with E-state index in [0.717, 1.165) is 5.56 Å². The minimum atomic E-state index is -0.443. The summed E-state index contributed by atoms with van der Waals surface area (Å²) in [5.74, 6) is 2.58. The van der Waals surface area contributed by atoms with Crippen molar-refractivity contribution < 1.29 is 9.53 Å². The third kappa shape index (κ3) is 3.42. The maximum atomic E-state index is 12.1. The highest BCUT2D eigenvalue weighted by Crippen LogP contribution is 2.44. The first kappa shape index (κ1) is 16.9. The Morgan fingerprint density at radius 1 is 1.15 bits per heavy atom. The summed E-state index contributed by atoms with van der Waals surface area (Å²) in [6, 6.07) is 16.5. The summed E-state index contributed by atoms with van der Waals surface area (Å²) in [6.07, 6.45) is 8.31. The molecule has 0 fully saturated rings. The first-order chi connectivity index (χ1) is 13.3. The standard InChI is InChI=1S/C22H19N3O2/c1-2-11-25-14-16(13-24-25)12-23-22(26)27-15-21-19-9-5-3-7-17(19)18-8-4-6-10-20(18)21/h1,3-10,13-14,21H,11-12,15H2,(H,23,26). The lowest BCUT2D eigenvalue weighted by atomic mass is 9.98. The number of hydrogen-bond donors (Lipinski definition) is 1. The van der Waals surface area contributed by atoms with Crippen LogP contribution in [0.2, 0.25) is 0 Å². The lowest BCUT2D eigenvalue weighted by Crippen LogP contribution is -2.25. The third-order valence-corrected chi connectivity index (χ3v) is 4.72. The van der Waals surface area contributed by atoms with Crippen LogP contribution in [-0.4, -0.2) is 22.5 Å². The summed E-state index contributed by atoms with van der Waals surface area (Å²) in [7, 11) is 0. The van der Waals surface area contributed by atoms with Crippen LogP contribution < -0.4 is 5.32 Å². The van der Waals surface area contributed by atoms with Gasteiger partial charge >= 0.3 is 6.09 Å². The molecule has 5 heteroatoms. The highest BCUT2D eigenvalue weighted by molar-refractivity contribution is 5.79. The molecule has 2 aromatic carbocycles. The number of amides is 1. The fraction of sp³-hybridized carbons (Fsp3) is 0.182. The van der Waals surface area contributed by atoms with Crippen LogP contribution >= 0.6 is 0 Å². The van der Waals surface area contributed by atoms with Crippen LogP contribution in [0.1, 0.15) is 22.6 Å². The van der Waals surface area contributed by atoms with Gasteiger partial charge in [0.2, 0.25) is 0 Å². The number of ether oxygens (including phenoxy) is 1. The molecule has 1 aliphatic carbocycles. The second-order valence-electron chi connectivity index (χ2n) is 6.43. The first-order valence-electron chi connectivity index (χ1n) is 8.80. The molecule has 0 unspecified atom stereocenters. The van der Waals surface area contributed by atoms with Gasteiger partial charge in [-0.05, 0) is 22.3 Å². The number of rotatable bonds is 5. The smallest absolute Gasteiger partial charge is 0.407 e. The van der Waals surface area contributed by atoms with Gasteiger partial charge in [0.25, 0.3) is 0 Å². The zero-order valence-corrected chi connectivity index (χ0v) is 14.8. The molecule has 134 valence electrons. The molecule has 1 N–H and O–H groups in total. The molecule has 0 saturated heterocycles. The molecule has 4 rings (SSSR count). The highest BCUT2D eigenvalue weighted by atomic mass is 16.5. The SMILES string of the molecule is C#CCn1cc(CNC(=O)OCC2c3ccccc3-c3ccccc32)cn1. The van der Waals surface area contributed by atoms with Gasteiger partial charge < -0.3 is 10.1 Å². The van der Waals surface area contributed by atoms with Crippen molar-refractivity contribution in [2.45, 2.75) is 19.0 Å². The number of carbonyl (C=O) groups excluding carboxylic acids is 1. The van der Waals surface area contributed by atoms with Gasteiger partial charge in [0.1, 0.15) is 13.2 Å². The zero-order valence-electron chi connectivity index (χ0n) is 14.8. The molecule has 0 atom stereocenters.